The highest BCUT2D eigenvalue weighted by molar-refractivity contribution is 5.95. The number of aromatic carboxylic acids is 1. The molecule has 0 radical (unpaired) electrons. The first kappa shape index (κ1) is 16.2. The number of rotatable bonds is 4. The number of nitrogens with zero attached hydrogens (tertiary/aromatic N) is 3. The van der Waals surface area contributed by atoms with Crippen molar-refractivity contribution in [2.24, 2.45) is 0 Å². The molecule has 1 N–H and O–H groups in total. The van der Waals surface area contributed by atoms with Gasteiger partial charge in [-0.1, -0.05) is 12.1 Å². The van der Waals surface area contributed by atoms with Gasteiger partial charge in [0.25, 0.3) is 0 Å². The average molecular weight is 341 g/mol. The van der Waals surface area contributed by atoms with E-state index in [4.69, 9.17) is 0 Å². The van der Waals surface area contributed by atoms with Gasteiger partial charge in [0.15, 0.2) is 0 Å². The third-order valence-corrected chi connectivity index (χ3v) is 3.73. The molecule has 1 aromatic carbocycles. The first-order valence-electron chi connectivity index (χ1n) is 7.15. The van der Waals surface area contributed by atoms with Gasteiger partial charge in [-0.2, -0.15) is 5.10 Å². The predicted molar refractivity (Wildman–Crippen MR) is 78.1 cm³/mol. The summed E-state index contributed by atoms with van der Waals surface area (Å²) < 4.78 is 42.0. The molecule has 3 rings (SSSR count). The lowest BCUT2D eigenvalue weighted by atomic mass is 10.2. The Balaban J connectivity index is 1.78. The summed E-state index contributed by atoms with van der Waals surface area (Å²) >= 11 is 0. The van der Waals surface area contributed by atoms with Gasteiger partial charge in [0.1, 0.15) is 17.1 Å². The van der Waals surface area contributed by atoms with Crippen molar-refractivity contribution in [3.63, 3.8) is 0 Å². The molecule has 0 unspecified atom stereocenters. The molecule has 0 aliphatic carbocycles. The monoisotopic (exact) mass is 341 g/mol. The van der Waals surface area contributed by atoms with Crippen molar-refractivity contribution in [3.05, 3.63) is 41.1 Å². The van der Waals surface area contributed by atoms with Gasteiger partial charge in [0, 0.05) is 13.1 Å². The summed E-state index contributed by atoms with van der Waals surface area (Å²) in [6.07, 6.45) is -4.73. The normalized spacial score (nSPS) is 13.9. The molecule has 0 atom stereocenters. The molecule has 6 nitrogen and oxygen atoms in total. The van der Waals surface area contributed by atoms with E-state index in [2.05, 4.69) is 9.84 Å². The highest BCUT2D eigenvalue weighted by Gasteiger charge is 2.31. The molecule has 1 aromatic heterocycles. The second kappa shape index (κ2) is 5.73. The summed E-state index contributed by atoms with van der Waals surface area (Å²) in [5, 5.41) is 13.6. The van der Waals surface area contributed by atoms with Crippen LogP contribution in [0.3, 0.4) is 0 Å². The van der Waals surface area contributed by atoms with Crippen molar-refractivity contribution in [3.8, 4) is 5.75 Å². The maximum atomic E-state index is 12.2. The fourth-order valence-corrected chi connectivity index (χ4v) is 2.79. The van der Waals surface area contributed by atoms with Gasteiger partial charge in [0.05, 0.1) is 12.2 Å². The number of alkyl halides is 3. The first-order chi connectivity index (χ1) is 11.2. The Kier molecular flexibility index (Phi) is 3.86. The van der Waals surface area contributed by atoms with Crippen molar-refractivity contribution in [2.45, 2.75) is 26.4 Å². The number of benzene rings is 1. The Bertz CT molecular complexity index is 769. The number of halogens is 3. The van der Waals surface area contributed by atoms with Crippen molar-refractivity contribution >= 4 is 11.8 Å². The van der Waals surface area contributed by atoms with Crippen LogP contribution < -0.4 is 9.64 Å². The van der Waals surface area contributed by atoms with Crippen LogP contribution in [0.5, 0.6) is 5.75 Å². The molecular formula is C15H14F3N3O3. The van der Waals surface area contributed by atoms with Crippen LogP contribution >= 0.6 is 0 Å². The van der Waals surface area contributed by atoms with E-state index < -0.39 is 12.3 Å². The predicted octanol–water partition coefficient (Wildman–Crippen LogP) is 2.81. The van der Waals surface area contributed by atoms with Crippen LogP contribution in [0.4, 0.5) is 19.0 Å². The zero-order chi connectivity index (χ0) is 17.5. The molecule has 2 aromatic rings. The van der Waals surface area contributed by atoms with Gasteiger partial charge in [-0.25, -0.2) is 9.48 Å². The largest absolute Gasteiger partial charge is 0.573 e. The van der Waals surface area contributed by atoms with E-state index in [9.17, 15) is 23.1 Å². The zero-order valence-electron chi connectivity index (χ0n) is 12.7. The minimum Gasteiger partial charge on any atom is -0.477 e. The molecule has 0 bridgehead atoms. The van der Waals surface area contributed by atoms with Crippen LogP contribution in [0.15, 0.2) is 24.3 Å². The van der Waals surface area contributed by atoms with Crippen LogP contribution in [-0.2, 0) is 13.1 Å². The average Bonchev–Trinajstić information content (AvgIpc) is 2.98. The molecule has 128 valence electrons. The lowest BCUT2D eigenvalue weighted by Crippen LogP contribution is -2.22. The number of fused-ring (bicyclic) bond motifs is 1. The van der Waals surface area contributed by atoms with Gasteiger partial charge in [-0.05, 0) is 24.6 Å². The molecule has 9 heteroatoms. The number of hydrogen-bond donors (Lipinski definition) is 1. The van der Waals surface area contributed by atoms with Gasteiger partial charge in [-0.3, -0.25) is 0 Å². The summed E-state index contributed by atoms with van der Waals surface area (Å²) in [4.78, 5) is 13.3. The number of aromatic nitrogens is 2. The molecule has 0 spiro atoms. The minimum atomic E-state index is -4.73. The molecular weight excluding hydrogens is 327 g/mol. The van der Waals surface area contributed by atoms with E-state index in [1.54, 1.807) is 11.6 Å². The lowest BCUT2D eigenvalue weighted by Gasteiger charge is -2.18. The number of carboxylic acid groups (broad SMARTS) is 1. The highest BCUT2D eigenvalue weighted by atomic mass is 19.4. The Morgan fingerprint density at radius 2 is 1.96 bits per heavy atom. The molecule has 1 aliphatic heterocycles. The van der Waals surface area contributed by atoms with Crippen LogP contribution in [0.2, 0.25) is 0 Å². The Labute approximate surface area is 135 Å². The smallest absolute Gasteiger partial charge is 0.477 e. The summed E-state index contributed by atoms with van der Waals surface area (Å²) in [6.45, 7) is 3.16. The molecule has 0 saturated carbocycles. The maximum Gasteiger partial charge on any atom is 0.573 e. The minimum absolute atomic E-state index is 0.157. The summed E-state index contributed by atoms with van der Waals surface area (Å²) in [7, 11) is 0. The Morgan fingerprint density at radius 1 is 1.29 bits per heavy atom. The van der Waals surface area contributed by atoms with E-state index in [1.807, 2.05) is 4.90 Å². The second-order valence-electron chi connectivity index (χ2n) is 5.43. The van der Waals surface area contributed by atoms with Crippen LogP contribution in [0.1, 0.15) is 21.6 Å². The molecule has 0 amide bonds. The number of carboxylic acids is 1. The van der Waals surface area contributed by atoms with Crippen molar-refractivity contribution in [1.29, 1.82) is 0 Å². The van der Waals surface area contributed by atoms with E-state index in [0.717, 1.165) is 5.56 Å². The third-order valence-electron chi connectivity index (χ3n) is 3.73. The fraction of sp³-hybridized carbons (Fsp3) is 0.333. The number of hydrogen-bond acceptors (Lipinski definition) is 4. The molecule has 1 aliphatic rings. The van der Waals surface area contributed by atoms with Crippen LogP contribution in [0, 0.1) is 6.92 Å². The fourth-order valence-electron chi connectivity index (χ4n) is 2.79. The zero-order valence-corrected chi connectivity index (χ0v) is 12.7. The topological polar surface area (TPSA) is 67.6 Å². The summed E-state index contributed by atoms with van der Waals surface area (Å²) in [6, 6.07) is 5.51. The highest BCUT2D eigenvalue weighted by Crippen LogP contribution is 2.30. The SMILES string of the molecule is Cc1nn2c(c1C(=O)O)N(Cc1ccc(OC(F)(F)F)cc1)CC2. The maximum absolute atomic E-state index is 12.2. The Morgan fingerprint density at radius 3 is 2.54 bits per heavy atom. The van der Waals surface area contributed by atoms with Crippen molar-refractivity contribution < 1.29 is 27.8 Å². The molecule has 0 fully saturated rings. The summed E-state index contributed by atoms with van der Waals surface area (Å²) in [5.74, 6) is -0.815. The van der Waals surface area contributed by atoms with E-state index in [0.29, 0.717) is 31.1 Å². The lowest BCUT2D eigenvalue weighted by molar-refractivity contribution is -0.274. The Hall–Kier alpha value is -2.71. The summed E-state index contributed by atoms with van der Waals surface area (Å²) in [5.41, 5.74) is 1.34. The van der Waals surface area contributed by atoms with Crippen LogP contribution in [-0.4, -0.2) is 33.8 Å². The van der Waals surface area contributed by atoms with Crippen molar-refractivity contribution in [2.75, 3.05) is 11.4 Å². The van der Waals surface area contributed by atoms with Gasteiger partial charge >= 0.3 is 12.3 Å². The van der Waals surface area contributed by atoms with E-state index in [-0.39, 0.29) is 11.3 Å². The number of ether oxygens (including phenoxy) is 1. The number of aryl methyl sites for hydroxylation is 1. The third kappa shape index (κ3) is 3.15. The number of anilines is 1. The number of carbonyl (C=O) groups is 1. The van der Waals surface area contributed by atoms with Crippen molar-refractivity contribution in [1.82, 2.24) is 9.78 Å². The first-order valence-corrected chi connectivity index (χ1v) is 7.15. The molecule has 2 heterocycles. The van der Waals surface area contributed by atoms with Gasteiger partial charge in [0.2, 0.25) is 0 Å². The molecule has 24 heavy (non-hydrogen) atoms. The van der Waals surface area contributed by atoms with Crippen LogP contribution in [0.25, 0.3) is 0 Å². The standard InChI is InChI=1S/C15H14F3N3O3/c1-9-12(14(22)23)13-20(6-7-21(13)19-9)8-10-2-4-11(5-3-10)24-15(16,17)18/h2-5H,6-8H2,1H3,(H,22,23). The second-order valence-corrected chi connectivity index (χ2v) is 5.43. The van der Waals surface area contributed by atoms with E-state index >= 15 is 0 Å². The quantitative estimate of drug-likeness (QED) is 0.926. The molecule has 0 saturated heterocycles. The van der Waals surface area contributed by atoms with Gasteiger partial charge in [-0.15, -0.1) is 13.2 Å². The van der Waals surface area contributed by atoms with Gasteiger partial charge < -0.3 is 14.7 Å². The van der Waals surface area contributed by atoms with E-state index in [1.165, 1.54) is 24.3 Å².